The Hall–Kier alpha value is -1.13. The molecule has 2 unspecified atom stereocenters. The van der Waals surface area contributed by atoms with Gasteiger partial charge in [-0.2, -0.15) is 0 Å². The second-order valence-electron chi connectivity index (χ2n) is 4.60. The highest BCUT2D eigenvalue weighted by Crippen LogP contribution is 2.40. The molecule has 1 fully saturated rings. The zero-order chi connectivity index (χ0) is 13.1. The molecule has 1 aromatic rings. The number of hydrogen-bond acceptors (Lipinski definition) is 3. The smallest absolute Gasteiger partial charge is 0.165 e. The number of benzene rings is 1. The van der Waals surface area contributed by atoms with Gasteiger partial charge in [-0.3, -0.25) is 0 Å². The molecule has 1 N–H and O–H groups in total. The zero-order valence-electron chi connectivity index (χ0n) is 10.7. The summed E-state index contributed by atoms with van der Waals surface area (Å²) >= 11 is 0. The number of rotatable bonds is 6. The molecule has 1 aliphatic carbocycles. The lowest BCUT2D eigenvalue weighted by atomic mass is 10.0. The molecule has 1 aliphatic rings. The molecule has 0 amide bonds. The molecule has 0 bridgehead atoms. The van der Waals surface area contributed by atoms with Crippen LogP contribution in [0.4, 0.5) is 4.39 Å². The Kier molecular flexibility index (Phi) is 4.19. The summed E-state index contributed by atoms with van der Waals surface area (Å²) in [5.41, 5.74) is 0.540. The Bertz CT molecular complexity index is 404. The molecule has 1 aromatic carbocycles. The molecule has 2 rings (SSSR count). The molecule has 3 nitrogen and oxygen atoms in total. The van der Waals surface area contributed by atoms with E-state index in [0.29, 0.717) is 18.1 Å². The van der Waals surface area contributed by atoms with Gasteiger partial charge in [0, 0.05) is 6.61 Å². The summed E-state index contributed by atoms with van der Waals surface area (Å²) in [5, 5.41) is 10.3. The average molecular weight is 254 g/mol. The minimum Gasteiger partial charge on any atom is -0.494 e. The Morgan fingerprint density at radius 2 is 2.17 bits per heavy atom. The largest absolute Gasteiger partial charge is 0.494 e. The fraction of sp³-hybridized carbons (Fsp3) is 0.571. The van der Waals surface area contributed by atoms with E-state index in [4.69, 9.17) is 9.47 Å². The van der Waals surface area contributed by atoms with Crippen molar-refractivity contribution in [2.45, 2.75) is 32.0 Å². The van der Waals surface area contributed by atoms with Crippen LogP contribution in [0.3, 0.4) is 0 Å². The summed E-state index contributed by atoms with van der Waals surface area (Å²) in [6.45, 7) is 2.45. The first-order valence-corrected chi connectivity index (χ1v) is 6.30. The number of ether oxygens (including phenoxy) is 2. The zero-order valence-corrected chi connectivity index (χ0v) is 10.7. The first-order valence-electron chi connectivity index (χ1n) is 6.30. The van der Waals surface area contributed by atoms with Crippen molar-refractivity contribution in [3.63, 3.8) is 0 Å². The second kappa shape index (κ2) is 5.67. The summed E-state index contributed by atoms with van der Waals surface area (Å²) in [5.74, 6) is 0.121. The quantitative estimate of drug-likeness (QED) is 0.848. The van der Waals surface area contributed by atoms with E-state index in [-0.39, 0.29) is 11.9 Å². The molecule has 100 valence electrons. The van der Waals surface area contributed by atoms with Crippen LogP contribution >= 0.6 is 0 Å². The lowest BCUT2D eigenvalue weighted by Gasteiger charge is -2.23. The predicted molar refractivity (Wildman–Crippen MR) is 66.0 cm³/mol. The molecule has 2 atom stereocenters. The van der Waals surface area contributed by atoms with Gasteiger partial charge in [-0.25, -0.2) is 4.39 Å². The van der Waals surface area contributed by atoms with Gasteiger partial charge in [0.25, 0.3) is 0 Å². The molecule has 0 heterocycles. The van der Waals surface area contributed by atoms with E-state index in [9.17, 15) is 9.50 Å². The second-order valence-corrected chi connectivity index (χ2v) is 4.60. The Morgan fingerprint density at radius 3 is 2.67 bits per heavy atom. The van der Waals surface area contributed by atoms with E-state index in [2.05, 4.69) is 0 Å². The fourth-order valence-electron chi connectivity index (χ4n) is 2.16. The maximum atomic E-state index is 13.6. The highest BCUT2D eigenvalue weighted by Gasteiger charge is 2.37. The number of halogens is 1. The Morgan fingerprint density at radius 1 is 1.44 bits per heavy atom. The third kappa shape index (κ3) is 2.82. The molecule has 4 heteroatoms. The van der Waals surface area contributed by atoms with Crippen LogP contribution in [0.2, 0.25) is 0 Å². The summed E-state index contributed by atoms with van der Waals surface area (Å²) in [7, 11) is 1.42. The Balaban J connectivity index is 2.15. The van der Waals surface area contributed by atoms with Gasteiger partial charge in [0.15, 0.2) is 11.6 Å². The van der Waals surface area contributed by atoms with Crippen molar-refractivity contribution in [1.29, 1.82) is 0 Å². The van der Waals surface area contributed by atoms with Gasteiger partial charge >= 0.3 is 0 Å². The van der Waals surface area contributed by atoms with Gasteiger partial charge in [0.2, 0.25) is 0 Å². The molecule has 1 saturated carbocycles. The van der Waals surface area contributed by atoms with Crippen molar-refractivity contribution >= 4 is 0 Å². The van der Waals surface area contributed by atoms with Gasteiger partial charge < -0.3 is 14.6 Å². The molecule has 18 heavy (non-hydrogen) atoms. The van der Waals surface area contributed by atoms with E-state index in [0.717, 1.165) is 12.8 Å². The van der Waals surface area contributed by atoms with Crippen LogP contribution in [0.15, 0.2) is 18.2 Å². The molecular formula is C14H19FO3. The van der Waals surface area contributed by atoms with E-state index in [1.807, 2.05) is 6.92 Å². The minimum atomic E-state index is -0.780. The monoisotopic (exact) mass is 254 g/mol. The highest BCUT2D eigenvalue weighted by atomic mass is 19.1. The third-order valence-corrected chi connectivity index (χ3v) is 3.27. The molecule has 0 radical (unpaired) electrons. The van der Waals surface area contributed by atoms with Crippen LogP contribution in [0, 0.1) is 11.7 Å². The van der Waals surface area contributed by atoms with Crippen LogP contribution < -0.4 is 4.74 Å². The fourth-order valence-corrected chi connectivity index (χ4v) is 2.16. The van der Waals surface area contributed by atoms with E-state index >= 15 is 0 Å². The summed E-state index contributed by atoms with van der Waals surface area (Å²) in [6, 6.07) is 4.53. The van der Waals surface area contributed by atoms with Crippen LogP contribution in [0.1, 0.15) is 31.4 Å². The maximum absolute atomic E-state index is 13.6. The first-order chi connectivity index (χ1) is 8.67. The van der Waals surface area contributed by atoms with Crippen LogP contribution in [0.25, 0.3) is 0 Å². The Labute approximate surface area is 107 Å². The van der Waals surface area contributed by atoms with Gasteiger partial charge in [0.1, 0.15) is 6.10 Å². The van der Waals surface area contributed by atoms with E-state index in [1.165, 1.54) is 19.2 Å². The standard InChI is InChI=1S/C14H19FO3/c1-3-18-14(9-4-5-9)13(16)10-6-7-12(17-2)11(15)8-10/h6-9,13-14,16H,3-5H2,1-2H3. The summed E-state index contributed by atoms with van der Waals surface area (Å²) < 4.78 is 24.0. The van der Waals surface area contributed by atoms with Gasteiger partial charge in [-0.15, -0.1) is 0 Å². The van der Waals surface area contributed by atoms with Crippen molar-refractivity contribution in [2.75, 3.05) is 13.7 Å². The minimum absolute atomic E-state index is 0.185. The van der Waals surface area contributed by atoms with Crippen molar-refractivity contribution in [1.82, 2.24) is 0 Å². The number of aliphatic hydroxyl groups is 1. The van der Waals surface area contributed by atoms with Crippen molar-refractivity contribution in [3.05, 3.63) is 29.6 Å². The van der Waals surface area contributed by atoms with E-state index in [1.54, 1.807) is 6.07 Å². The number of hydrogen-bond donors (Lipinski definition) is 1. The highest BCUT2D eigenvalue weighted by molar-refractivity contribution is 5.31. The van der Waals surface area contributed by atoms with Gasteiger partial charge in [-0.05, 0) is 43.4 Å². The SMILES string of the molecule is CCOC(C1CC1)C(O)c1ccc(OC)c(F)c1. The number of methoxy groups -OCH3 is 1. The normalized spacial score (nSPS) is 18.4. The van der Waals surface area contributed by atoms with Crippen molar-refractivity contribution < 1.29 is 19.0 Å². The topological polar surface area (TPSA) is 38.7 Å². The average Bonchev–Trinajstić information content (AvgIpc) is 3.19. The summed E-state index contributed by atoms with van der Waals surface area (Å²) in [6.07, 6.45) is 1.13. The first kappa shape index (κ1) is 13.3. The third-order valence-electron chi connectivity index (χ3n) is 3.27. The number of aliphatic hydroxyl groups excluding tert-OH is 1. The van der Waals surface area contributed by atoms with E-state index < -0.39 is 11.9 Å². The lowest BCUT2D eigenvalue weighted by Crippen LogP contribution is -2.24. The molecule has 0 spiro atoms. The van der Waals surface area contributed by atoms with Crippen LogP contribution in [-0.2, 0) is 4.74 Å². The van der Waals surface area contributed by atoms with Crippen molar-refractivity contribution in [3.8, 4) is 5.75 Å². The van der Waals surface area contributed by atoms with Crippen LogP contribution in [-0.4, -0.2) is 24.9 Å². The van der Waals surface area contributed by atoms with Gasteiger partial charge in [0.05, 0.1) is 13.2 Å². The maximum Gasteiger partial charge on any atom is 0.165 e. The lowest BCUT2D eigenvalue weighted by molar-refractivity contribution is -0.0463. The van der Waals surface area contributed by atoms with Gasteiger partial charge in [-0.1, -0.05) is 6.07 Å². The molecule has 0 aromatic heterocycles. The molecule has 0 saturated heterocycles. The summed E-state index contributed by atoms with van der Waals surface area (Å²) in [4.78, 5) is 0. The molecule has 0 aliphatic heterocycles. The predicted octanol–water partition coefficient (Wildman–Crippen LogP) is 2.68. The van der Waals surface area contributed by atoms with Crippen LogP contribution in [0.5, 0.6) is 5.75 Å². The molecular weight excluding hydrogens is 235 g/mol. The van der Waals surface area contributed by atoms with Crippen molar-refractivity contribution in [2.24, 2.45) is 5.92 Å².